The van der Waals surface area contributed by atoms with Gasteiger partial charge >= 0.3 is 0 Å². The van der Waals surface area contributed by atoms with Crippen molar-refractivity contribution >= 4 is 10.0 Å². The standard InChI is InChI=1S/C17H29NO4S/c1-5-7-10-22-17-9-8-15(11-16(17)13(3)4)23(20,21)18-14(6-2)12-19/h8-9,11,13-14,18-19H,5-7,10,12H2,1-4H3/t14-/m0/s1. The van der Waals surface area contributed by atoms with Gasteiger partial charge in [-0.15, -0.1) is 0 Å². The summed E-state index contributed by atoms with van der Waals surface area (Å²) in [5, 5.41) is 9.20. The highest BCUT2D eigenvalue weighted by atomic mass is 32.2. The molecule has 1 atom stereocenters. The molecule has 0 heterocycles. The number of aliphatic hydroxyl groups excluding tert-OH is 1. The molecule has 0 fully saturated rings. The second kappa shape index (κ2) is 9.25. The molecule has 0 saturated heterocycles. The average Bonchev–Trinajstić information content (AvgIpc) is 2.52. The Morgan fingerprint density at radius 3 is 2.48 bits per heavy atom. The molecule has 0 unspecified atom stereocenters. The fourth-order valence-electron chi connectivity index (χ4n) is 2.14. The molecule has 0 saturated carbocycles. The van der Waals surface area contributed by atoms with E-state index in [1.807, 2.05) is 20.8 Å². The summed E-state index contributed by atoms with van der Waals surface area (Å²) in [5.41, 5.74) is 0.876. The zero-order chi connectivity index (χ0) is 17.5. The number of ether oxygens (including phenoxy) is 1. The highest BCUT2D eigenvalue weighted by Crippen LogP contribution is 2.29. The van der Waals surface area contributed by atoms with E-state index in [1.54, 1.807) is 18.2 Å². The Kier molecular flexibility index (Phi) is 8.02. The molecule has 0 amide bonds. The van der Waals surface area contributed by atoms with Crippen molar-refractivity contribution in [3.8, 4) is 5.75 Å². The fourth-order valence-corrected chi connectivity index (χ4v) is 3.49. The second-order valence-corrected chi connectivity index (χ2v) is 7.68. The van der Waals surface area contributed by atoms with Gasteiger partial charge in [-0.1, -0.05) is 34.1 Å². The fraction of sp³-hybridized carbons (Fsp3) is 0.647. The molecule has 0 radical (unpaired) electrons. The number of nitrogens with one attached hydrogen (secondary N) is 1. The minimum Gasteiger partial charge on any atom is -0.493 e. The third-order valence-corrected chi connectivity index (χ3v) is 5.22. The zero-order valence-electron chi connectivity index (χ0n) is 14.5. The molecule has 5 nitrogen and oxygen atoms in total. The van der Waals surface area contributed by atoms with Crippen LogP contribution >= 0.6 is 0 Å². The SMILES string of the molecule is CCCCOc1ccc(S(=O)(=O)N[C@@H](CC)CO)cc1C(C)C. The Bertz CT molecular complexity index is 580. The first kappa shape index (κ1) is 19.9. The molecule has 1 aromatic rings. The summed E-state index contributed by atoms with van der Waals surface area (Å²) in [4.78, 5) is 0.205. The maximum Gasteiger partial charge on any atom is 0.240 e. The highest BCUT2D eigenvalue weighted by Gasteiger charge is 2.21. The Balaban J connectivity index is 3.07. The van der Waals surface area contributed by atoms with Gasteiger partial charge in [0.2, 0.25) is 10.0 Å². The van der Waals surface area contributed by atoms with Gasteiger partial charge in [0, 0.05) is 6.04 Å². The van der Waals surface area contributed by atoms with Crippen molar-refractivity contribution in [2.45, 2.75) is 63.8 Å². The third-order valence-electron chi connectivity index (χ3n) is 3.70. The van der Waals surface area contributed by atoms with Crippen molar-refractivity contribution in [1.82, 2.24) is 4.72 Å². The summed E-state index contributed by atoms with van der Waals surface area (Å²) in [6.45, 7) is 8.35. The molecule has 23 heavy (non-hydrogen) atoms. The molecule has 0 aromatic heterocycles. The Morgan fingerprint density at radius 1 is 1.26 bits per heavy atom. The second-order valence-electron chi connectivity index (χ2n) is 5.97. The number of benzene rings is 1. The molecule has 0 spiro atoms. The minimum absolute atomic E-state index is 0.154. The van der Waals surface area contributed by atoms with Gasteiger partial charge in [0.25, 0.3) is 0 Å². The van der Waals surface area contributed by atoms with Crippen LogP contribution in [0.15, 0.2) is 23.1 Å². The van der Waals surface area contributed by atoms with Crippen LogP contribution in [0.4, 0.5) is 0 Å². The van der Waals surface area contributed by atoms with Crippen molar-refractivity contribution in [1.29, 1.82) is 0 Å². The van der Waals surface area contributed by atoms with Crippen molar-refractivity contribution in [2.24, 2.45) is 0 Å². The normalized spacial score (nSPS) is 13.3. The number of hydrogen-bond acceptors (Lipinski definition) is 4. The van der Waals surface area contributed by atoms with Crippen LogP contribution in [0.1, 0.15) is 58.4 Å². The molecule has 6 heteroatoms. The maximum absolute atomic E-state index is 12.4. The molecular formula is C17H29NO4S. The summed E-state index contributed by atoms with van der Waals surface area (Å²) >= 11 is 0. The minimum atomic E-state index is -3.65. The predicted octanol–water partition coefficient (Wildman–Crippen LogP) is 3.04. The Morgan fingerprint density at radius 2 is 1.96 bits per heavy atom. The quantitative estimate of drug-likeness (QED) is 0.640. The third kappa shape index (κ3) is 5.79. The van der Waals surface area contributed by atoms with Crippen molar-refractivity contribution in [2.75, 3.05) is 13.2 Å². The lowest BCUT2D eigenvalue weighted by Crippen LogP contribution is -2.36. The lowest BCUT2D eigenvalue weighted by atomic mass is 10.0. The largest absolute Gasteiger partial charge is 0.493 e. The molecule has 2 N–H and O–H groups in total. The summed E-state index contributed by atoms with van der Waals surface area (Å²) in [5.74, 6) is 0.892. The van der Waals surface area contributed by atoms with Crippen LogP contribution in [0.2, 0.25) is 0 Å². The summed E-state index contributed by atoms with van der Waals surface area (Å²) in [6.07, 6.45) is 2.55. The van der Waals surface area contributed by atoms with Gasteiger partial charge in [0.15, 0.2) is 0 Å². The first-order chi connectivity index (χ1) is 10.9. The average molecular weight is 343 g/mol. The van der Waals surface area contributed by atoms with E-state index in [1.165, 1.54) is 0 Å². The first-order valence-electron chi connectivity index (χ1n) is 8.25. The van der Waals surface area contributed by atoms with Crippen molar-refractivity contribution < 1.29 is 18.3 Å². The number of unbranched alkanes of at least 4 members (excludes halogenated alkanes) is 1. The zero-order valence-corrected chi connectivity index (χ0v) is 15.3. The van der Waals surface area contributed by atoms with Crippen LogP contribution in [-0.2, 0) is 10.0 Å². The monoisotopic (exact) mass is 343 g/mol. The summed E-state index contributed by atoms with van der Waals surface area (Å²) < 4.78 is 33.2. The van der Waals surface area contributed by atoms with Crippen LogP contribution in [-0.4, -0.2) is 32.8 Å². The molecule has 0 aliphatic rings. The number of hydrogen-bond donors (Lipinski definition) is 2. The van der Waals surface area contributed by atoms with Crippen LogP contribution in [0.3, 0.4) is 0 Å². The first-order valence-corrected chi connectivity index (χ1v) is 9.73. The molecule has 1 rings (SSSR count). The van der Waals surface area contributed by atoms with Gasteiger partial charge in [-0.2, -0.15) is 0 Å². The summed E-state index contributed by atoms with van der Waals surface area (Å²) in [7, 11) is -3.65. The topological polar surface area (TPSA) is 75.6 Å². The molecule has 132 valence electrons. The maximum atomic E-state index is 12.4. The van der Waals surface area contributed by atoms with Gasteiger partial charge < -0.3 is 9.84 Å². The molecular weight excluding hydrogens is 314 g/mol. The molecule has 0 aliphatic carbocycles. The predicted molar refractivity (Wildman–Crippen MR) is 92.4 cm³/mol. The smallest absolute Gasteiger partial charge is 0.240 e. The van der Waals surface area contributed by atoms with E-state index in [-0.39, 0.29) is 17.4 Å². The van der Waals surface area contributed by atoms with Gasteiger partial charge in [-0.25, -0.2) is 13.1 Å². The highest BCUT2D eigenvalue weighted by molar-refractivity contribution is 7.89. The lowest BCUT2D eigenvalue weighted by molar-refractivity contribution is 0.254. The van der Waals surface area contributed by atoms with E-state index in [4.69, 9.17) is 4.74 Å². The molecule has 0 bridgehead atoms. The van der Waals surface area contributed by atoms with E-state index in [2.05, 4.69) is 11.6 Å². The van der Waals surface area contributed by atoms with Crippen molar-refractivity contribution in [3.05, 3.63) is 23.8 Å². The Labute approximate surface area is 140 Å². The number of aliphatic hydroxyl groups is 1. The Hall–Kier alpha value is -1.11. The van der Waals surface area contributed by atoms with Crippen LogP contribution in [0, 0.1) is 0 Å². The van der Waals surface area contributed by atoms with E-state index in [0.29, 0.717) is 13.0 Å². The molecule has 0 aliphatic heterocycles. The van der Waals surface area contributed by atoms with Gasteiger partial charge in [0.1, 0.15) is 5.75 Å². The molecule has 1 aromatic carbocycles. The van der Waals surface area contributed by atoms with Crippen LogP contribution in [0.5, 0.6) is 5.75 Å². The lowest BCUT2D eigenvalue weighted by Gasteiger charge is -2.18. The van der Waals surface area contributed by atoms with Gasteiger partial charge in [-0.3, -0.25) is 0 Å². The van der Waals surface area contributed by atoms with E-state index < -0.39 is 16.1 Å². The van der Waals surface area contributed by atoms with Crippen LogP contribution < -0.4 is 9.46 Å². The summed E-state index contributed by atoms with van der Waals surface area (Å²) in [6, 6.07) is 4.47. The number of rotatable bonds is 10. The van der Waals surface area contributed by atoms with Gasteiger partial charge in [0.05, 0.1) is 18.1 Å². The van der Waals surface area contributed by atoms with E-state index in [0.717, 1.165) is 24.2 Å². The van der Waals surface area contributed by atoms with Gasteiger partial charge in [-0.05, 0) is 42.5 Å². The van der Waals surface area contributed by atoms with E-state index in [9.17, 15) is 13.5 Å². The van der Waals surface area contributed by atoms with E-state index >= 15 is 0 Å². The van der Waals surface area contributed by atoms with Crippen LogP contribution in [0.25, 0.3) is 0 Å². The number of sulfonamides is 1. The van der Waals surface area contributed by atoms with Crippen molar-refractivity contribution in [3.63, 3.8) is 0 Å².